The van der Waals surface area contributed by atoms with Crippen LogP contribution in [0.5, 0.6) is 0 Å². The van der Waals surface area contributed by atoms with Gasteiger partial charge in [0.1, 0.15) is 0 Å². The zero-order chi connectivity index (χ0) is 21.6. The second-order valence-electron chi connectivity index (χ2n) is 6.67. The molecule has 2 amide bonds. The number of fused-ring (bicyclic) bond motifs is 1. The zero-order valence-electron chi connectivity index (χ0n) is 16.3. The molecule has 3 aromatic rings. The number of aromatic amines is 1. The van der Waals surface area contributed by atoms with Crippen LogP contribution >= 0.6 is 0 Å². The number of carbonyl (C=O) groups excluding carboxylic acids is 2. The van der Waals surface area contributed by atoms with Crippen LogP contribution < -0.4 is 15.6 Å². The highest BCUT2D eigenvalue weighted by Gasteiger charge is 2.19. The van der Waals surface area contributed by atoms with Crippen LogP contribution in [0.2, 0.25) is 0 Å². The molecule has 1 heterocycles. The molecule has 1 aromatic heterocycles. The van der Waals surface area contributed by atoms with Gasteiger partial charge in [-0.2, -0.15) is 4.72 Å². The minimum atomic E-state index is -3.84. The molecule has 8 nitrogen and oxygen atoms in total. The molecule has 0 spiro atoms. The van der Waals surface area contributed by atoms with E-state index in [1.165, 1.54) is 13.0 Å². The summed E-state index contributed by atoms with van der Waals surface area (Å²) < 4.78 is 26.5. The SMILES string of the molecule is CC(NS(=O)(=O)/C=C/c1ccccc1)C(=O)NNC(=O)Cc1c[nH]c2ccccc12. The van der Waals surface area contributed by atoms with E-state index in [9.17, 15) is 18.0 Å². The Kier molecular flexibility index (Phi) is 6.65. The maximum Gasteiger partial charge on any atom is 0.256 e. The van der Waals surface area contributed by atoms with Crippen LogP contribution in [0.4, 0.5) is 0 Å². The minimum absolute atomic E-state index is 0.0597. The highest BCUT2D eigenvalue weighted by atomic mass is 32.2. The molecular formula is C21H22N4O4S. The molecule has 0 aliphatic carbocycles. The molecular weight excluding hydrogens is 404 g/mol. The summed E-state index contributed by atoms with van der Waals surface area (Å²) in [4.78, 5) is 27.3. The predicted molar refractivity (Wildman–Crippen MR) is 115 cm³/mol. The number of carbonyl (C=O) groups is 2. The van der Waals surface area contributed by atoms with Gasteiger partial charge in [0, 0.05) is 22.5 Å². The minimum Gasteiger partial charge on any atom is -0.361 e. The van der Waals surface area contributed by atoms with Gasteiger partial charge in [-0.3, -0.25) is 20.4 Å². The average Bonchev–Trinajstić information content (AvgIpc) is 3.14. The Morgan fingerprint density at radius 2 is 1.73 bits per heavy atom. The number of para-hydroxylation sites is 1. The van der Waals surface area contributed by atoms with Gasteiger partial charge in [0.15, 0.2) is 0 Å². The van der Waals surface area contributed by atoms with E-state index in [0.717, 1.165) is 21.9 Å². The highest BCUT2D eigenvalue weighted by molar-refractivity contribution is 7.92. The standard InChI is InChI=1S/C21H22N4O4S/c1-15(25-30(28,29)12-11-16-7-3-2-4-8-16)21(27)24-23-20(26)13-17-14-22-19-10-6-5-9-18(17)19/h2-12,14-15,22,25H,13H2,1H3,(H,23,26)(H,24,27)/b12-11+. The lowest BCUT2D eigenvalue weighted by atomic mass is 10.1. The molecule has 3 rings (SSSR count). The number of hydrazine groups is 1. The summed E-state index contributed by atoms with van der Waals surface area (Å²) in [5.41, 5.74) is 6.96. The number of sulfonamides is 1. The maximum atomic E-state index is 12.1. The van der Waals surface area contributed by atoms with E-state index in [1.54, 1.807) is 30.5 Å². The molecule has 0 radical (unpaired) electrons. The molecule has 9 heteroatoms. The van der Waals surface area contributed by atoms with Crippen molar-refractivity contribution in [3.8, 4) is 0 Å². The summed E-state index contributed by atoms with van der Waals surface area (Å²) in [7, 11) is -3.84. The van der Waals surface area contributed by atoms with Gasteiger partial charge in [-0.05, 0) is 30.2 Å². The Bertz CT molecular complexity index is 1170. The summed E-state index contributed by atoms with van der Waals surface area (Å²) in [6, 6.07) is 15.4. The number of hydrogen-bond donors (Lipinski definition) is 4. The molecule has 0 fully saturated rings. The van der Waals surface area contributed by atoms with Gasteiger partial charge < -0.3 is 4.98 Å². The number of nitrogens with one attached hydrogen (secondary N) is 4. The van der Waals surface area contributed by atoms with Crippen molar-refractivity contribution < 1.29 is 18.0 Å². The van der Waals surface area contributed by atoms with Crippen LogP contribution in [0, 0.1) is 0 Å². The van der Waals surface area contributed by atoms with Crippen molar-refractivity contribution in [2.24, 2.45) is 0 Å². The van der Waals surface area contributed by atoms with Crippen molar-refractivity contribution in [1.29, 1.82) is 0 Å². The number of hydrogen-bond acceptors (Lipinski definition) is 4. The molecule has 1 atom stereocenters. The normalized spacial score (nSPS) is 12.7. The van der Waals surface area contributed by atoms with Gasteiger partial charge in [0.05, 0.1) is 12.5 Å². The molecule has 1 unspecified atom stereocenters. The summed E-state index contributed by atoms with van der Waals surface area (Å²) >= 11 is 0. The Balaban J connectivity index is 1.50. The lowest BCUT2D eigenvalue weighted by Gasteiger charge is -2.13. The Morgan fingerprint density at radius 3 is 2.50 bits per heavy atom. The second-order valence-corrected chi connectivity index (χ2v) is 8.27. The quantitative estimate of drug-likeness (QED) is 0.431. The molecule has 30 heavy (non-hydrogen) atoms. The van der Waals surface area contributed by atoms with Crippen molar-refractivity contribution in [2.45, 2.75) is 19.4 Å². The van der Waals surface area contributed by atoms with E-state index in [2.05, 4.69) is 20.6 Å². The van der Waals surface area contributed by atoms with Gasteiger partial charge in [0.2, 0.25) is 15.9 Å². The van der Waals surface area contributed by atoms with Gasteiger partial charge in [-0.1, -0.05) is 48.5 Å². The monoisotopic (exact) mass is 426 g/mol. The summed E-state index contributed by atoms with van der Waals surface area (Å²) in [5.74, 6) is -1.11. The van der Waals surface area contributed by atoms with Gasteiger partial charge >= 0.3 is 0 Å². The fourth-order valence-electron chi connectivity index (χ4n) is 2.81. The highest BCUT2D eigenvalue weighted by Crippen LogP contribution is 2.17. The van der Waals surface area contributed by atoms with Crippen LogP contribution in [0.25, 0.3) is 17.0 Å². The van der Waals surface area contributed by atoms with E-state index in [0.29, 0.717) is 5.56 Å². The van der Waals surface area contributed by atoms with Gasteiger partial charge in [-0.25, -0.2) is 8.42 Å². The third-order valence-corrected chi connectivity index (χ3v) is 5.50. The third-order valence-electron chi connectivity index (χ3n) is 4.32. The number of H-pyrrole nitrogens is 1. The molecule has 0 saturated carbocycles. The smallest absolute Gasteiger partial charge is 0.256 e. The maximum absolute atomic E-state index is 12.1. The fourth-order valence-corrected chi connectivity index (χ4v) is 3.82. The first-order valence-electron chi connectivity index (χ1n) is 9.23. The summed E-state index contributed by atoms with van der Waals surface area (Å²) in [6.07, 6.45) is 3.22. The van der Waals surface area contributed by atoms with Crippen molar-refractivity contribution in [1.82, 2.24) is 20.6 Å². The molecule has 156 valence electrons. The van der Waals surface area contributed by atoms with Crippen LogP contribution in [-0.4, -0.2) is 31.3 Å². The van der Waals surface area contributed by atoms with Crippen LogP contribution in [-0.2, 0) is 26.0 Å². The first kappa shape index (κ1) is 21.3. The first-order chi connectivity index (χ1) is 14.3. The zero-order valence-corrected chi connectivity index (χ0v) is 17.1. The van der Waals surface area contributed by atoms with E-state index < -0.39 is 27.9 Å². The Morgan fingerprint density at radius 1 is 1.03 bits per heavy atom. The van der Waals surface area contributed by atoms with Crippen LogP contribution in [0.1, 0.15) is 18.1 Å². The van der Waals surface area contributed by atoms with E-state index in [-0.39, 0.29) is 6.42 Å². The average molecular weight is 426 g/mol. The number of aromatic nitrogens is 1. The van der Waals surface area contributed by atoms with Crippen molar-refractivity contribution >= 4 is 38.8 Å². The Labute approximate surface area is 174 Å². The fraction of sp³-hybridized carbons (Fsp3) is 0.143. The van der Waals surface area contributed by atoms with Crippen molar-refractivity contribution in [3.63, 3.8) is 0 Å². The van der Waals surface area contributed by atoms with E-state index in [4.69, 9.17) is 0 Å². The lowest BCUT2D eigenvalue weighted by molar-refractivity contribution is -0.129. The largest absolute Gasteiger partial charge is 0.361 e. The summed E-state index contributed by atoms with van der Waals surface area (Å²) in [6.45, 7) is 1.38. The number of rotatable bonds is 7. The van der Waals surface area contributed by atoms with Gasteiger partial charge in [-0.15, -0.1) is 0 Å². The topological polar surface area (TPSA) is 120 Å². The molecule has 0 saturated heterocycles. The van der Waals surface area contributed by atoms with Crippen LogP contribution in [0.15, 0.2) is 66.2 Å². The summed E-state index contributed by atoms with van der Waals surface area (Å²) in [5, 5.41) is 1.91. The Hall–Kier alpha value is -3.43. The van der Waals surface area contributed by atoms with E-state index >= 15 is 0 Å². The molecule has 0 aliphatic rings. The lowest BCUT2D eigenvalue weighted by Crippen LogP contribution is -2.51. The van der Waals surface area contributed by atoms with Crippen LogP contribution in [0.3, 0.4) is 0 Å². The third kappa shape index (κ3) is 5.79. The van der Waals surface area contributed by atoms with Crippen molar-refractivity contribution in [3.05, 3.63) is 77.3 Å². The van der Waals surface area contributed by atoms with Gasteiger partial charge in [0.25, 0.3) is 5.91 Å². The number of benzene rings is 2. The molecule has 2 aromatic carbocycles. The predicted octanol–water partition coefficient (Wildman–Crippen LogP) is 1.84. The molecule has 0 aliphatic heterocycles. The van der Waals surface area contributed by atoms with E-state index in [1.807, 2.05) is 30.3 Å². The molecule has 4 N–H and O–H groups in total. The van der Waals surface area contributed by atoms with Crippen molar-refractivity contribution in [2.75, 3.05) is 0 Å². The second kappa shape index (κ2) is 9.38. The first-order valence-corrected chi connectivity index (χ1v) is 10.8. The number of amides is 2. The molecule has 0 bridgehead atoms.